The van der Waals surface area contributed by atoms with E-state index >= 15 is 0 Å². The van der Waals surface area contributed by atoms with Crippen LogP contribution in [0, 0.1) is 5.92 Å². The number of fused-ring (bicyclic) bond motifs is 1. The number of nitrogens with zero attached hydrogens (tertiary/aromatic N) is 4. The maximum Gasteiger partial charge on any atom is 0.226 e. The summed E-state index contributed by atoms with van der Waals surface area (Å²) in [6.45, 7) is 3.02. The van der Waals surface area contributed by atoms with E-state index in [2.05, 4.69) is 27.2 Å². The van der Waals surface area contributed by atoms with E-state index in [9.17, 15) is 4.79 Å². The van der Waals surface area contributed by atoms with Gasteiger partial charge in [0.05, 0.1) is 12.5 Å². The maximum atomic E-state index is 12.8. The first kappa shape index (κ1) is 15.4. The first-order chi connectivity index (χ1) is 12.8. The molecule has 2 aromatic heterocycles. The Labute approximate surface area is 151 Å². The number of rotatable bonds is 3. The van der Waals surface area contributed by atoms with E-state index in [4.69, 9.17) is 4.42 Å². The third-order valence-corrected chi connectivity index (χ3v) is 5.46. The highest BCUT2D eigenvalue weighted by Crippen LogP contribution is 2.48. The van der Waals surface area contributed by atoms with Crippen molar-refractivity contribution in [2.45, 2.75) is 12.3 Å². The molecule has 6 nitrogen and oxygen atoms in total. The number of carbonyl (C=O) groups excluding carboxylic acids is 1. The van der Waals surface area contributed by atoms with Gasteiger partial charge in [-0.2, -0.15) is 5.10 Å². The minimum atomic E-state index is 0.0880. The van der Waals surface area contributed by atoms with Gasteiger partial charge in [0.1, 0.15) is 5.76 Å². The second kappa shape index (κ2) is 6.12. The normalized spacial score (nSPS) is 22.6. The molecule has 1 saturated heterocycles. The molecule has 2 atom stereocenters. The fourth-order valence-electron chi connectivity index (χ4n) is 3.90. The summed E-state index contributed by atoms with van der Waals surface area (Å²) in [7, 11) is 0. The monoisotopic (exact) mass is 348 g/mol. The van der Waals surface area contributed by atoms with Gasteiger partial charge >= 0.3 is 0 Å². The Bertz CT molecular complexity index is 927. The van der Waals surface area contributed by atoms with Gasteiger partial charge < -0.3 is 14.2 Å². The average molecular weight is 348 g/mol. The van der Waals surface area contributed by atoms with Crippen LogP contribution >= 0.6 is 0 Å². The first-order valence-electron chi connectivity index (χ1n) is 9.09. The predicted octanol–water partition coefficient (Wildman–Crippen LogP) is 2.68. The minimum Gasteiger partial charge on any atom is -0.469 e. The molecular weight excluding hydrogens is 328 g/mol. The van der Waals surface area contributed by atoms with Crippen molar-refractivity contribution in [1.82, 2.24) is 15.1 Å². The summed E-state index contributed by atoms with van der Waals surface area (Å²) in [6, 6.07) is 12.0. The molecule has 0 radical (unpaired) electrons. The van der Waals surface area contributed by atoms with Crippen molar-refractivity contribution in [2.75, 3.05) is 31.1 Å². The van der Waals surface area contributed by atoms with E-state index in [1.54, 1.807) is 12.5 Å². The second-order valence-corrected chi connectivity index (χ2v) is 7.03. The third-order valence-electron chi connectivity index (χ3n) is 5.46. The van der Waals surface area contributed by atoms with Crippen LogP contribution in [0.2, 0.25) is 0 Å². The molecule has 1 aliphatic heterocycles. The molecule has 5 rings (SSSR count). The summed E-state index contributed by atoms with van der Waals surface area (Å²) in [5.41, 5.74) is 0. The molecular formula is C20H20N4O2. The largest absolute Gasteiger partial charge is 0.469 e. The van der Waals surface area contributed by atoms with Crippen molar-refractivity contribution in [3.63, 3.8) is 0 Å². The maximum absolute atomic E-state index is 12.8. The molecule has 1 aromatic carbocycles. The summed E-state index contributed by atoms with van der Waals surface area (Å²) in [6.07, 6.45) is 4.38. The molecule has 0 bridgehead atoms. The van der Waals surface area contributed by atoms with Crippen molar-refractivity contribution in [3.05, 3.63) is 54.6 Å². The third kappa shape index (κ3) is 2.62. The van der Waals surface area contributed by atoms with Crippen LogP contribution in [-0.4, -0.2) is 47.2 Å². The van der Waals surface area contributed by atoms with Crippen LogP contribution in [0.25, 0.3) is 10.8 Å². The molecule has 132 valence electrons. The van der Waals surface area contributed by atoms with Crippen molar-refractivity contribution in [2.24, 2.45) is 5.92 Å². The molecule has 3 aromatic rings. The Balaban J connectivity index is 1.26. The number of carbonyl (C=O) groups is 1. The molecule has 0 unspecified atom stereocenters. The lowest BCUT2D eigenvalue weighted by molar-refractivity contribution is -0.133. The van der Waals surface area contributed by atoms with Gasteiger partial charge in [0.2, 0.25) is 5.91 Å². The van der Waals surface area contributed by atoms with Gasteiger partial charge in [-0.05, 0) is 18.6 Å². The lowest BCUT2D eigenvalue weighted by Gasteiger charge is -2.35. The Kier molecular flexibility index (Phi) is 3.62. The number of anilines is 1. The van der Waals surface area contributed by atoms with Gasteiger partial charge in [-0.3, -0.25) is 4.79 Å². The van der Waals surface area contributed by atoms with Crippen LogP contribution in [0.5, 0.6) is 0 Å². The smallest absolute Gasteiger partial charge is 0.226 e. The minimum absolute atomic E-state index is 0.0880. The Hall–Kier alpha value is -2.89. The Morgan fingerprint density at radius 2 is 1.92 bits per heavy atom. The zero-order valence-electron chi connectivity index (χ0n) is 14.4. The molecule has 3 heterocycles. The molecule has 1 amide bonds. The molecule has 1 aliphatic carbocycles. The molecule has 6 heteroatoms. The Morgan fingerprint density at radius 3 is 2.73 bits per heavy atom. The number of aromatic nitrogens is 2. The highest BCUT2D eigenvalue weighted by Gasteiger charge is 2.47. The topological polar surface area (TPSA) is 62.5 Å². The standard InChI is InChI=1S/C20H20N4O2/c25-20(17-12-16(17)18-6-3-11-26-18)24-9-7-23(8-10-24)19-15-5-2-1-4-14(15)13-21-22-19/h1-6,11,13,16-17H,7-10,12H2/t16-,17+/m1/s1. The van der Waals surface area contributed by atoms with Crippen LogP contribution < -0.4 is 4.90 Å². The zero-order chi connectivity index (χ0) is 17.5. The van der Waals surface area contributed by atoms with Gasteiger partial charge in [-0.1, -0.05) is 24.3 Å². The summed E-state index contributed by atoms with van der Waals surface area (Å²) >= 11 is 0. The lowest BCUT2D eigenvalue weighted by Crippen LogP contribution is -2.49. The molecule has 2 fully saturated rings. The summed E-state index contributed by atoms with van der Waals surface area (Å²) in [5, 5.41) is 10.7. The fraction of sp³-hybridized carbons (Fsp3) is 0.350. The van der Waals surface area contributed by atoms with Crippen LogP contribution in [0.4, 0.5) is 5.82 Å². The second-order valence-electron chi connectivity index (χ2n) is 7.03. The number of benzene rings is 1. The zero-order valence-corrected chi connectivity index (χ0v) is 14.4. The van der Waals surface area contributed by atoms with Gasteiger partial charge in [-0.15, -0.1) is 5.10 Å². The van der Waals surface area contributed by atoms with Gasteiger partial charge in [0, 0.05) is 48.8 Å². The quantitative estimate of drug-likeness (QED) is 0.728. The lowest BCUT2D eigenvalue weighted by atomic mass is 10.1. The number of hydrogen-bond acceptors (Lipinski definition) is 5. The Morgan fingerprint density at radius 1 is 1.08 bits per heavy atom. The van der Waals surface area contributed by atoms with E-state index < -0.39 is 0 Å². The van der Waals surface area contributed by atoms with Crippen LogP contribution in [0.1, 0.15) is 18.1 Å². The molecule has 2 aliphatic rings. The van der Waals surface area contributed by atoms with Crippen molar-refractivity contribution in [1.29, 1.82) is 0 Å². The van der Waals surface area contributed by atoms with E-state index in [-0.39, 0.29) is 17.7 Å². The molecule has 1 saturated carbocycles. The predicted molar refractivity (Wildman–Crippen MR) is 97.9 cm³/mol. The number of amides is 1. The summed E-state index contributed by atoms with van der Waals surface area (Å²) in [5.74, 6) is 2.46. The van der Waals surface area contributed by atoms with Crippen molar-refractivity contribution in [3.8, 4) is 0 Å². The molecule has 0 N–H and O–H groups in total. The van der Waals surface area contributed by atoms with Crippen LogP contribution in [0.3, 0.4) is 0 Å². The summed E-state index contributed by atoms with van der Waals surface area (Å²) in [4.78, 5) is 17.0. The fourth-order valence-corrected chi connectivity index (χ4v) is 3.90. The van der Waals surface area contributed by atoms with E-state index in [1.807, 2.05) is 29.2 Å². The van der Waals surface area contributed by atoms with Gasteiger partial charge in [0.25, 0.3) is 0 Å². The number of piperazine rings is 1. The van der Waals surface area contributed by atoms with Crippen LogP contribution in [0.15, 0.2) is 53.3 Å². The van der Waals surface area contributed by atoms with E-state index in [0.717, 1.165) is 55.0 Å². The average Bonchev–Trinajstić information content (AvgIpc) is 3.31. The SMILES string of the molecule is O=C([C@H]1C[C@H]1c1ccco1)N1CCN(c2nncc3ccccc23)CC1. The highest BCUT2D eigenvalue weighted by atomic mass is 16.3. The van der Waals surface area contributed by atoms with Gasteiger partial charge in [0.15, 0.2) is 5.82 Å². The number of hydrogen-bond donors (Lipinski definition) is 0. The van der Waals surface area contributed by atoms with E-state index in [0.29, 0.717) is 0 Å². The van der Waals surface area contributed by atoms with Crippen molar-refractivity contribution < 1.29 is 9.21 Å². The highest BCUT2D eigenvalue weighted by molar-refractivity contribution is 5.91. The summed E-state index contributed by atoms with van der Waals surface area (Å²) < 4.78 is 5.45. The van der Waals surface area contributed by atoms with Crippen LogP contribution in [-0.2, 0) is 4.79 Å². The first-order valence-corrected chi connectivity index (χ1v) is 9.09. The molecule has 26 heavy (non-hydrogen) atoms. The van der Waals surface area contributed by atoms with Gasteiger partial charge in [-0.25, -0.2) is 0 Å². The molecule has 0 spiro atoms. The van der Waals surface area contributed by atoms with E-state index in [1.165, 1.54) is 0 Å². The number of furan rings is 1. The van der Waals surface area contributed by atoms with Crippen molar-refractivity contribution >= 4 is 22.5 Å².